The predicted octanol–water partition coefficient (Wildman–Crippen LogP) is 3.81. The van der Waals surface area contributed by atoms with E-state index in [4.69, 9.17) is 25.8 Å². The van der Waals surface area contributed by atoms with Gasteiger partial charge in [-0.05, 0) is 36.8 Å². The molecule has 0 aliphatic carbocycles. The second-order valence-electron chi connectivity index (χ2n) is 6.52. The molecule has 9 nitrogen and oxygen atoms in total. The van der Waals surface area contributed by atoms with Crippen molar-refractivity contribution in [2.45, 2.75) is 13.3 Å². The minimum Gasteiger partial charge on any atom is -0.495 e. The Balaban J connectivity index is 1.62. The summed E-state index contributed by atoms with van der Waals surface area (Å²) in [4.78, 5) is 21.1. The van der Waals surface area contributed by atoms with E-state index >= 15 is 0 Å². The van der Waals surface area contributed by atoms with Crippen LogP contribution in [0, 0.1) is 6.92 Å². The van der Waals surface area contributed by atoms with Gasteiger partial charge in [0.05, 0.1) is 31.9 Å². The Labute approximate surface area is 183 Å². The molecule has 0 N–H and O–H groups in total. The van der Waals surface area contributed by atoms with Gasteiger partial charge in [0.1, 0.15) is 11.6 Å². The van der Waals surface area contributed by atoms with Crippen LogP contribution in [0.3, 0.4) is 0 Å². The second kappa shape index (κ2) is 8.97. The maximum atomic E-state index is 6.06. The summed E-state index contributed by atoms with van der Waals surface area (Å²) in [6.45, 7) is 1.93. The van der Waals surface area contributed by atoms with Crippen LogP contribution in [-0.4, -0.2) is 43.7 Å². The third-order valence-electron chi connectivity index (χ3n) is 4.35. The molecular weight excluding hydrogens is 420 g/mol. The van der Waals surface area contributed by atoms with Gasteiger partial charge in [-0.25, -0.2) is 9.97 Å². The van der Waals surface area contributed by atoms with Crippen molar-refractivity contribution >= 4 is 11.6 Å². The van der Waals surface area contributed by atoms with E-state index in [-0.39, 0.29) is 17.2 Å². The molecule has 0 aliphatic heterocycles. The number of pyridine rings is 1. The number of methoxy groups -OCH3 is 2. The van der Waals surface area contributed by atoms with Crippen LogP contribution in [0.15, 0.2) is 49.1 Å². The molecule has 31 heavy (non-hydrogen) atoms. The highest BCUT2D eigenvalue weighted by Crippen LogP contribution is 2.27. The van der Waals surface area contributed by atoms with E-state index in [0.29, 0.717) is 23.7 Å². The van der Waals surface area contributed by atoms with Crippen molar-refractivity contribution in [1.82, 2.24) is 29.5 Å². The molecule has 0 radical (unpaired) electrons. The molecule has 0 fully saturated rings. The van der Waals surface area contributed by atoms with Crippen LogP contribution < -0.4 is 14.2 Å². The minimum absolute atomic E-state index is 0.0641. The van der Waals surface area contributed by atoms with E-state index in [1.54, 1.807) is 31.8 Å². The molecule has 0 aliphatic rings. The Hall–Kier alpha value is -3.72. The average molecular weight is 439 g/mol. The summed E-state index contributed by atoms with van der Waals surface area (Å²) in [7, 11) is 3.10. The fourth-order valence-corrected chi connectivity index (χ4v) is 3.08. The fraction of sp³-hybridized carbons (Fsp3) is 0.190. The molecule has 3 aromatic heterocycles. The first-order chi connectivity index (χ1) is 15.1. The van der Waals surface area contributed by atoms with Crippen LogP contribution in [0.1, 0.15) is 17.1 Å². The highest BCUT2D eigenvalue weighted by atomic mass is 35.5. The zero-order valence-corrected chi connectivity index (χ0v) is 17.9. The Bertz CT molecular complexity index is 1210. The molecule has 0 spiro atoms. The topological polar surface area (TPSA) is 97.1 Å². The normalized spacial score (nSPS) is 10.7. The van der Waals surface area contributed by atoms with Gasteiger partial charge >= 0.3 is 12.0 Å². The number of benzene rings is 1. The maximum Gasteiger partial charge on any atom is 0.328 e. The largest absolute Gasteiger partial charge is 0.495 e. The number of aromatic nitrogens is 6. The molecule has 0 saturated heterocycles. The summed E-state index contributed by atoms with van der Waals surface area (Å²) in [5.41, 5.74) is 2.75. The zero-order chi connectivity index (χ0) is 21.8. The molecule has 0 atom stereocenters. The lowest BCUT2D eigenvalue weighted by atomic mass is 10.1. The summed E-state index contributed by atoms with van der Waals surface area (Å²) in [6.07, 6.45) is 5.66. The second-order valence-corrected chi connectivity index (χ2v) is 6.88. The molecule has 4 rings (SSSR count). The smallest absolute Gasteiger partial charge is 0.328 e. The number of hydrogen-bond donors (Lipinski definition) is 0. The van der Waals surface area contributed by atoms with Crippen molar-refractivity contribution in [2.75, 3.05) is 14.2 Å². The van der Waals surface area contributed by atoms with Gasteiger partial charge in [-0.15, -0.1) is 4.98 Å². The van der Waals surface area contributed by atoms with Crippen molar-refractivity contribution in [1.29, 1.82) is 0 Å². The van der Waals surface area contributed by atoms with Gasteiger partial charge in [-0.2, -0.15) is 9.97 Å². The molecule has 158 valence electrons. The van der Waals surface area contributed by atoms with Crippen LogP contribution in [0.4, 0.5) is 0 Å². The van der Waals surface area contributed by atoms with Gasteiger partial charge in [0.15, 0.2) is 10.9 Å². The third kappa shape index (κ3) is 4.72. The monoisotopic (exact) mass is 438 g/mol. The zero-order valence-electron chi connectivity index (χ0n) is 17.1. The van der Waals surface area contributed by atoms with E-state index in [1.807, 2.05) is 35.9 Å². The fourth-order valence-electron chi connectivity index (χ4n) is 2.92. The Morgan fingerprint density at radius 1 is 0.968 bits per heavy atom. The summed E-state index contributed by atoms with van der Waals surface area (Å²) in [6, 6.07) is 9.44. The van der Waals surface area contributed by atoms with E-state index in [1.165, 1.54) is 7.11 Å². The molecule has 0 amide bonds. The van der Waals surface area contributed by atoms with Crippen molar-refractivity contribution in [3.8, 4) is 29.2 Å². The Kier molecular flexibility index (Phi) is 5.94. The van der Waals surface area contributed by atoms with Gasteiger partial charge in [0.2, 0.25) is 0 Å². The summed E-state index contributed by atoms with van der Waals surface area (Å²) in [5, 5.41) is 0.207. The van der Waals surface area contributed by atoms with E-state index < -0.39 is 0 Å². The first-order valence-corrected chi connectivity index (χ1v) is 9.68. The lowest BCUT2D eigenvalue weighted by Gasteiger charge is -2.12. The van der Waals surface area contributed by atoms with Crippen molar-refractivity contribution in [3.05, 3.63) is 71.3 Å². The molecule has 0 unspecified atom stereocenters. The SMILES string of the molecule is COc1nc(Cc2ccc(-n3cnc(C)c3)c(OC)c2)nc(Oc2cccnc2Cl)n1. The number of rotatable bonds is 7. The van der Waals surface area contributed by atoms with Gasteiger partial charge in [-0.1, -0.05) is 17.7 Å². The molecule has 0 bridgehead atoms. The lowest BCUT2D eigenvalue weighted by molar-refractivity contribution is 0.355. The van der Waals surface area contributed by atoms with Crippen LogP contribution in [0.5, 0.6) is 23.5 Å². The van der Waals surface area contributed by atoms with Gasteiger partial charge in [0.25, 0.3) is 0 Å². The molecule has 3 heterocycles. The third-order valence-corrected chi connectivity index (χ3v) is 4.63. The highest BCUT2D eigenvalue weighted by Gasteiger charge is 2.13. The summed E-state index contributed by atoms with van der Waals surface area (Å²) in [5.74, 6) is 1.51. The van der Waals surface area contributed by atoms with E-state index in [0.717, 1.165) is 16.9 Å². The minimum atomic E-state index is 0.0641. The molecule has 4 aromatic rings. The standard InChI is InChI=1S/C21H19ClN6O3/c1-13-11-28(12-24-13)15-7-6-14(9-17(15)29-2)10-18-25-20(30-3)27-21(26-18)31-16-5-4-8-23-19(16)22/h4-9,11-12H,10H2,1-3H3. The highest BCUT2D eigenvalue weighted by molar-refractivity contribution is 6.30. The van der Waals surface area contributed by atoms with Crippen LogP contribution in [0.2, 0.25) is 5.15 Å². The molecule has 10 heteroatoms. The van der Waals surface area contributed by atoms with Gasteiger partial charge < -0.3 is 18.8 Å². The molecule has 0 saturated carbocycles. The quantitative estimate of drug-likeness (QED) is 0.402. The first kappa shape index (κ1) is 20.5. The van der Waals surface area contributed by atoms with Gasteiger partial charge in [-0.3, -0.25) is 0 Å². The molecule has 1 aromatic carbocycles. The van der Waals surface area contributed by atoms with Crippen molar-refractivity contribution < 1.29 is 14.2 Å². The van der Waals surface area contributed by atoms with E-state index in [2.05, 4.69) is 24.9 Å². The number of ether oxygens (including phenoxy) is 3. The van der Waals surface area contributed by atoms with Crippen LogP contribution in [-0.2, 0) is 6.42 Å². The van der Waals surface area contributed by atoms with Crippen LogP contribution >= 0.6 is 11.6 Å². The first-order valence-electron chi connectivity index (χ1n) is 9.31. The number of halogens is 1. The maximum absolute atomic E-state index is 6.06. The number of hydrogen-bond acceptors (Lipinski definition) is 8. The van der Waals surface area contributed by atoms with Crippen molar-refractivity contribution in [3.63, 3.8) is 0 Å². The van der Waals surface area contributed by atoms with Crippen LogP contribution in [0.25, 0.3) is 5.69 Å². The van der Waals surface area contributed by atoms with Gasteiger partial charge in [0, 0.05) is 18.8 Å². The number of nitrogens with zero attached hydrogens (tertiary/aromatic N) is 6. The summed E-state index contributed by atoms with van der Waals surface area (Å²) < 4.78 is 18.4. The summed E-state index contributed by atoms with van der Waals surface area (Å²) >= 11 is 6.06. The van der Waals surface area contributed by atoms with E-state index in [9.17, 15) is 0 Å². The molecular formula is C21H19ClN6O3. The van der Waals surface area contributed by atoms with Crippen molar-refractivity contribution in [2.24, 2.45) is 0 Å². The Morgan fingerprint density at radius 3 is 2.52 bits per heavy atom. The Morgan fingerprint density at radius 2 is 1.81 bits per heavy atom. The predicted molar refractivity (Wildman–Crippen MR) is 113 cm³/mol. The average Bonchev–Trinajstić information content (AvgIpc) is 3.21. The number of aryl methyl sites for hydroxylation is 1. The lowest BCUT2D eigenvalue weighted by Crippen LogP contribution is -2.05. The number of imidazole rings is 1.